The molecule has 0 spiro atoms. The number of aryl methyl sites for hydroxylation is 1. The lowest BCUT2D eigenvalue weighted by atomic mass is 9.92. The molecule has 2 heterocycles. The Bertz CT molecular complexity index is 380. The molecule has 1 unspecified atom stereocenters. The Morgan fingerprint density at radius 3 is 3.13 bits per heavy atom. The van der Waals surface area contributed by atoms with Gasteiger partial charge in [-0.05, 0) is 31.4 Å². The smallest absolute Gasteiger partial charge is 0.316 e. The summed E-state index contributed by atoms with van der Waals surface area (Å²) >= 11 is 0. The van der Waals surface area contributed by atoms with Crippen LogP contribution in [0.15, 0.2) is 11.0 Å². The van der Waals surface area contributed by atoms with E-state index in [0.29, 0.717) is 5.92 Å². The number of nitrogens with one attached hydrogen (secondary N) is 2. The lowest BCUT2D eigenvalue weighted by molar-refractivity contribution is 0.451. The Labute approximate surface area is 89.1 Å². The van der Waals surface area contributed by atoms with Gasteiger partial charge in [0.15, 0.2) is 0 Å². The molecule has 4 heteroatoms. The topological polar surface area (TPSA) is 57.8 Å². The van der Waals surface area contributed by atoms with Gasteiger partial charge in [-0.2, -0.15) is 0 Å². The second-order valence-corrected chi connectivity index (χ2v) is 4.02. The van der Waals surface area contributed by atoms with Crippen molar-refractivity contribution in [1.82, 2.24) is 15.3 Å². The molecule has 0 aliphatic carbocycles. The minimum absolute atomic E-state index is 0.229. The van der Waals surface area contributed by atoms with E-state index in [-0.39, 0.29) is 5.69 Å². The number of aromatic amines is 1. The van der Waals surface area contributed by atoms with Gasteiger partial charge < -0.3 is 10.3 Å². The second-order valence-electron chi connectivity index (χ2n) is 4.02. The van der Waals surface area contributed by atoms with E-state index < -0.39 is 0 Å². The van der Waals surface area contributed by atoms with Gasteiger partial charge in [-0.1, -0.05) is 6.92 Å². The third kappa shape index (κ3) is 2.26. The van der Waals surface area contributed by atoms with Crippen LogP contribution in [0.3, 0.4) is 0 Å². The summed E-state index contributed by atoms with van der Waals surface area (Å²) in [4.78, 5) is 17.9. The number of aromatic nitrogens is 2. The fourth-order valence-electron chi connectivity index (χ4n) is 2.18. The molecule has 2 N–H and O–H groups in total. The molecule has 1 aromatic heterocycles. The van der Waals surface area contributed by atoms with Crippen molar-refractivity contribution in [2.24, 2.45) is 0 Å². The van der Waals surface area contributed by atoms with E-state index >= 15 is 0 Å². The first-order valence-corrected chi connectivity index (χ1v) is 5.60. The zero-order valence-corrected chi connectivity index (χ0v) is 9.05. The monoisotopic (exact) mass is 207 g/mol. The first-order chi connectivity index (χ1) is 7.31. The molecule has 0 bridgehead atoms. The van der Waals surface area contributed by atoms with Crippen LogP contribution in [0.5, 0.6) is 0 Å². The molecule has 0 saturated carbocycles. The summed E-state index contributed by atoms with van der Waals surface area (Å²) in [6.45, 7) is 4.15. The van der Waals surface area contributed by atoms with Crippen LogP contribution in [-0.4, -0.2) is 23.1 Å². The standard InChI is InChI=1S/C11H17N3O/c1-2-8-7-13-11(15)14-10(8)9-4-3-5-12-6-9/h7,9,12H,2-6H2,1H3,(H,13,14,15). The molecular formula is C11H17N3O. The van der Waals surface area contributed by atoms with Crippen LogP contribution in [0.25, 0.3) is 0 Å². The molecular weight excluding hydrogens is 190 g/mol. The van der Waals surface area contributed by atoms with Gasteiger partial charge in [-0.15, -0.1) is 0 Å². The predicted octanol–water partition coefficient (Wildman–Crippen LogP) is 0.799. The average Bonchev–Trinajstić information content (AvgIpc) is 2.30. The SMILES string of the molecule is CCc1cnc(=O)[nH]c1C1CCCNC1. The van der Waals surface area contributed by atoms with E-state index in [0.717, 1.165) is 31.6 Å². The highest BCUT2D eigenvalue weighted by molar-refractivity contribution is 5.21. The van der Waals surface area contributed by atoms with Crippen molar-refractivity contribution in [2.45, 2.75) is 32.1 Å². The van der Waals surface area contributed by atoms with Crippen LogP contribution >= 0.6 is 0 Å². The van der Waals surface area contributed by atoms with Gasteiger partial charge in [0.2, 0.25) is 0 Å². The Kier molecular flexibility index (Phi) is 3.16. The maximum atomic E-state index is 11.2. The predicted molar refractivity (Wildman–Crippen MR) is 59.1 cm³/mol. The molecule has 15 heavy (non-hydrogen) atoms. The highest BCUT2D eigenvalue weighted by Gasteiger charge is 2.18. The Balaban J connectivity index is 2.31. The Hall–Kier alpha value is -1.16. The van der Waals surface area contributed by atoms with E-state index in [9.17, 15) is 4.79 Å². The number of nitrogens with zero attached hydrogens (tertiary/aromatic N) is 1. The number of hydrogen-bond acceptors (Lipinski definition) is 3. The van der Waals surface area contributed by atoms with Crippen molar-refractivity contribution in [1.29, 1.82) is 0 Å². The average molecular weight is 207 g/mol. The highest BCUT2D eigenvalue weighted by atomic mass is 16.1. The van der Waals surface area contributed by atoms with Crippen molar-refractivity contribution in [3.8, 4) is 0 Å². The number of hydrogen-bond donors (Lipinski definition) is 2. The Morgan fingerprint density at radius 1 is 1.60 bits per heavy atom. The molecule has 1 fully saturated rings. The van der Waals surface area contributed by atoms with Crippen molar-refractivity contribution in [3.05, 3.63) is 27.9 Å². The molecule has 0 aromatic carbocycles. The van der Waals surface area contributed by atoms with Gasteiger partial charge in [0.25, 0.3) is 0 Å². The minimum atomic E-state index is -0.229. The summed E-state index contributed by atoms with van der Waals surface area (Å²) < 4.78 is 0. The minimum Gasteiger partial charge on any atom is -0.316 e. The highest BCUT2D eigenvalue weighted by Crippen LogP contribution is 2.23. The van der Waals surface area contributed by atoms with Crippen LogP contribution in [0.2, 0.25) is 0 Å². The first kappa shape index (κ1) is 10.4. The zero-order chi connectivity index (χ0) is 10.7. The molecule has 0 amide bonds. The van der Waals surface area contributed by atoms with Gasteiger partial charge >= 0.3 is 5.69 Å². The van der Waals surface area contributed by atoms with Gasteiger partial charge in [-0.3, -0.25) is 0 Å². The maximum Gasteiger partial charge on any atom is 0.345 e. The molecule has 1 aromatic rings. The van der Waals surface area contributed by atoms with E-state index in [1.807, 2.05) is 0 Å². The summed E-state index contributed by atoms with van der Waals surface area (Å²) in [6.07, 6.45) is 4.97. The fraction of sp³-hybridized carbons (Fsp3) is 0.636. The molecule has 1 aliphatic rings. The van der Waals surface area contributed by atoms with Crippen LogP contribution < -0.4 is 11.0 Å². The zero-order valence-electron chi connectivity index (χ0n) is 9.05. The van der Waals surface area contributed by atoms with Crippen LogP contribution in [0.1, 0.15) is 36.9 Å². The van der Waals surface area contributed by atoms with Crippen LogP contribution in [0, 0.1) is 0 Å². The number of H-pyrrole nitrogens is 1. The lowest BCUT2D eigenvalue weighted by Gasteiger charge is -2.24. The van der Waals surface area contributed by atoms with Gasteiger partial charge in [-0.25, -0.2) is 9.78 Å². The van der Waals surface area contributed by atoms with Crippen LogP contribution in [-0.2, 0) is 6.42 Å². The van der Waals surface area contributed by atoms with Crippen molar-refractivity contribution in [2.75, 3.05) is 13.1 Å². The first-order valence-electron chi connectivity index (χ1n) is 5.60. The third-order valence-electron chi connectivity index (χ3n) is 3.01. The summed E-state index contributed by atoms with van der Waals surface area (Å²) in [5.74, 6) is 0.449. The van der Waals surface area contributed by atoms with Gasteiger partial charge in [0, 0.05) is 24.4 Å². The van der Waals surface area contributed by atoms with Crippen molar-refractivity contribution >= 4 is 0 Å². The molecule has 0 radical (unpaired) electrons. The fourth-order valence-corrected chi connectivity index (χ4v) is 2.18. The molecule has 1 saturated heterocycles. The third-order valence-corrected chi connectivity index (χ3v) is 3.01. The second kappa shape index (κ2) is 4.57. The maximum absolute atomic E-state index is 11.2. The molecule has 1 aliphatic heterocycles. The van der Waals surface area contributed by atoms with Crippen molar-refractivity contribution < 1.29 is 0 Å². The van der Waals surface area contributed by atoms with Gasteiger partial charge in [0.05, 0.1) is 0 Å². The molecule has 2 rings (SSSR count). The van der Waals surface area contributed by atoms with Crippen molar-refractivity contribution in [3.63, 3.8) is 0 Å². The quantitative estimate of drug-likeness (QED) is 0.754. The van der Waals surface area contributed by atoms with E-state index in [2.05, 4.69) is 22.2 Å². The summed E-state index contributed by atoms with van der Waals surface area (Å²) in [6, 6.07) is 0. The number of rotatable bonds is 2. The van der Waals surface area contributed by atoms with E-state index in [4.69, 9.17) is 0 Å². The summed E-state index contributed by atoms with van der Waals surface area (Å²) in [5, 5.41) is 3.36. The molecule has 82 valence electrons. The number of piperidine rings is 1. The molecule has 4 nitrogen and oxygen atoms in total. The molecule has 1 atom stereocenters. The van der Waals surface area contributed by atoms with Crippen LogP contribution in [0.4, 0.5) is 0 Å². The lowest BCUT2D eigenvalue weighted by Crippen LogP contribution is -2.31. The van der Waals surface area contributed by atoms with E-state index in [1.165, 1.54) is 12.0 Å². The largest absolute Gasteiger partial charge is 0.345 e. The van der Waals surface area contributed by atoms with E-state index in [1.54, 1.807) is 6.20 Å². The Morgan fingerprint density at radius 2 is 2.47 bits per heavy atom. The summed E-state index contributed by atoms with van der Waals surface area (Å²) in [5.41, 5.74) is 2.03. The summed E-state index contributed by atoms with van der Waals surface area (Å²) in [7, 11) is 0. The normalized spacial score (nSPS) is 21.5. The van der Waals surface area contributed by atoms with Gasteiger partial charge in [0.1, 0.15) is 0 Å².